The Bertz CT molecular complexity index is 1950. The van der Waals surface area contributed by atoms with Crippen molar-refractivity contribution in [3.8, 4) is 5.75 Å². The largest absolute Gasteiger partial charge is 0.495 e. The van der Waals surface area contributed by atoms with Crippen LogP contribution in [0.15, 0.2) is 89.8 Å². The second kappa shape index (κ2) is 15.7. The van der Waals surface area contributed by atoms with Crippen LogP contribution in [-0.2, 0) is 32.6 Å². The van der Waals surface area contributed by atoms with E-state index in [2.05, 4.69) is 5.32 Å². The number of aryl methyl sites for hydroxylation is 1. The molecular weight excluding hydrogens is 703 g/mol. The topological polar surface area (TPSA) is 139 Å². The summed E-state index contributed by atoms with van der Waals surface area (Å²) < 4.78 is 35.0. The molecule has 0 saturated carbocycles. The number of hydrogen-bond donors (Lipinski definition) is 1. The maximum atomic E-state index is 14.5. The minimum atomic E-state index is -4.70. The molecule has 252 valence electrons. The van der Waals surface area contributed by atoms with Crippen LogP contribution in [0.25, 0.3) is 0 Å². The lowest BCUT2D eigenvalue weighted by Gasteiger charge is -2.34. The first kappa shape index (κ1) is 36.5. The molecule has 1 N–H and O–H groups in total. The van der Waals surface area contributed by atoms with Gasteiger partial charge in [-0.15, -0.1) is 0 Å². The number of carbonyl (C=O) groups is 2. The van der Waals surface area contributed by atoms with Gasteiger partial charge < -0.3 is 15.0 Å². The number of sulfonamides is 1. The zero-order chi connectivity index (χ0) is 35.2. The summed E-state index contributed by atoms with van der Waals surface area (Å²) in [5, 5.41) is 15.0. The molecule has 0 aliphatic rings. The number of anilines is 1. The highest BCUT2D eigenvalue weighted by Gasteiger charge is 2.36. The number of amides is 2. The Morgan fingerprint density at radius 1 is 0.938 bits per heavy atom. The summed E-state index contributed by atoms with van der Waals surface area (Å²) in [5.41, 5.74) is 0.971. The van der Waals surface area contributed by atoms with Gasteiger partial charge in [0.25, 0.3) is 15.7 Å². The second-order valence-electron chi connectivity index (χ2n) is 10.6. The maximum absolute atomic E-state index is 14.5. The number of nitrogens with zero attached hydrogens (tertiary/aromatic N) is 3. The van der Waals surface area contributed by atoms with Crippen LogP contribution in [0, 0.1) is 17.0 Å². The summed E-state index contributed by atoms with van der Waals surface area (Å²) in [7, 11) is -1.95. The molecule has 0 unspecified atom stereocenters. The highest BCUT2D eigenvalue weighted by Crippen LogP contribution is 2.36. The number of methoxy groups -OCH3 is 1. The van der Waals surface area contributed by atoms with Gasteiger partial charge >= 0.3 is 0 Å². The highest BCUT2D eigenvalue weighted by molar-refractivity contribution is 7.92. The van der Waals surface area contributed by atoms with Crippen LogP contribution in [0.1, 0.15) is 16.7 Å². The smallest absolute Gasteiger partial charge is 0.273 e. The average Bonchev–Trinajstić information content (AvgIpc) is 3.06. The van der Waals surface area contributed by atoms with E-state index in [9.17, 15) is 28.1 Å². The number of carbonyl (C=O) groups excluding carboxylic acids is 2. The van der Waals surface area contributed by atoms with Crippen LogP contribution in [0.3, 0.4) is 0 Å². The van der Waals surface area contributed by atoms with Crippen molar-refractivity contribution in [3.05, 3.63) is 127 Å². The molecule has 0 spiro atoms. The lowest BCUT2D eigenvalue weighted by Crippen LogP contribution is -2.53. The number of ether oxygens (including phenoxy) is 1. The maximum Gasteiger partial charge on any atom is 0.273 e. The fourth-order valence-electron chi connectivity index (χ4n) is 5.00. The summed E-state index contributed by atoms with van der Waals surface area (Å²) >= 11 is 18.7. The molecule has 1 atom stereocenters. The summed E-state index contributed by atoms with van der Waals surface area (Å²) in [4.78, 5) is 39.8. The molecule has 4 aromatic rings. The number of nitrogens with one attached hydrogen (secondary N) is 1. The Morgan fingerprint density at radius 2 is 1.65 bits per heavy atom. The van der Waals surface area contributed by atoms with Gasteiger partial charge in [0.2, 0.25) is 11.8 Å². The molecule has 15 heteroatoms. The molecule has 0 aliphatic carbocycles. The van der Waals surface area contributed by atoms with Gasteiger partial charge in [-0.25, -0.2) is 8.42 Å². The Hall–Kier alpha value is -4.36. The number of nitro groups is 1. The Morgan fingerprint density at radius 3 is 2.27 bits per heavy atom. The van der Waals surface area contributed by atoms with Gasteiger partial charge in [-0.05, 0) is 54.4 Å². The third kappa shape index (κ3) is 8.37. The van der Waals surface area contributed by atoms with Gasteiger partial charge in [0.15, 0.2) is 0 Å². The number of benzene rings is 4. The van der Waals surface area contributed by atoms with Gasteiger partial charge in [0.1, 0.15) is 18.3 Å². The van der Waals surface area contributed by atoms with Crippen molar-refractivity contribution in [2.24, 2.45) is 0 Å². The van der Waals surface area contributed by atoms with Crippen LogP contribution in [0.2, 0.25) is 15.1 Å². The number of rotatable bonds is 13. The van der Waals surface area contributed by atoms with Crippen LogP contribution in [0.5, 0.6) is 5.75 Å². The van der Waals surface area contributed by atoms with Crippen molar-refractivity contribution in [1.82, 2.24) is 10.2 Å². The molecule has 0 heterocycles. The molecule has 11 nitrogen and oxygen atoms in total. The summed E-state index contributed by atoms with van der Waals surface area (Å²) in [5.74, 6) is -1.23. The van der Waals surface area contributed by atoms with Crippen molar-refractivity contribution in [2.75, 3.05) is 25.0 Å². The Labute approximate surface area is 293 Å². The Balaban J connectivity index is 1.89. The third-order valence-corrected chi connectivity index (χ3v) is 10.2. The molecule has 4 rings (SSSR count). The van der Waals surface area contributed by atoms with Crippen LogP contribution >= 0.6 is 34.8 Å². The van der Waals surface area contributed by atoms with Crippen molar-refractivity contribution in [3.63, 3.8) is 0 Å². The normalized spacial score (nSPS) is 11.8. The van der Waals surface area contributed by atoms with Gasteiger partial charge in [-0.1, -0.05) is 77.3 Å². The fourth-order valence-corrected chi connectivity index (χ4v) is 6.92. The van der Waals surface area contributed by atoms with E-state index in [-0.39, 0.29) is 45.0 Å². The monoisotopic (exact) mass is 732 g/mol. The number of nitro benzene ring substituents is 1. The van der Waals surface area contributed by atoms with Crippen molar-refractivity contribution in [1.29, 1.82) is 0 Å². The summed E-state index contributed by atoms with van der Waals surface area (Å²) in [6.45, 7) is 0.476. The van der Waals surface area contributed by atoms with E-state index in [1.54, 1.807) is 42.5 Å². The van der Waals surface area contributed by atoms with Crippen LogP contribution in [-0.4, -0.2) is 56.8 Å². The fraction of sp³-hybridized carbons (Fsp3) is 0.212. The molecule has 0 aromatic heterocycles. The van der Waals surface area contributed by atoms with Crippen LogP contribution in [0.4, 0.5) is 11.4 Å². The number of likely N-dealkylation sites (N-methyl/N-ethyl adjacent to an activating group) is 1. The average molecular weight is 734 g/mol. The minimum Gasteiger partial charge on any atom is -0.495 e. The van der Waals surface area contributed by atoms with E-state index in [4.69, 9.17) is 39.5 Å². The standard InChI is InChI=1S/C33H31Cl3N4O7S/c1-21-9-12-25(18-28(21)40(43)44)48(45,46)39(29-17-24(34)11-14-31(29)47-3)20-32(41)38(19-23-10-13-26(35)27(36)15-23)30(33(42)37-2)16-22-7-5-4-6-8-22/h4-15,17-18,30H,16,19-20H2,1-3H3,(H,37,42)/t30-/m0/s1. The zero-order valence-corrected chi connectivity index (χ0v) is 29.1. The van der Waals surface area contributed by atoms with E-state index in [1.807, 2.05) is 6.07 Å². The van der Waals surface area contributed by atoms with Gasteiger partial charge in [-0.2, -0.15) is 0 Å². The van der Waals surface area contributed by atoms with E-state index >= 15 is 0 Å². The zero-order valence-electron chi connectivity index (χ0n) is 26.0. The predicted octanol–water partition coefficient (Wildman–Crippen LogP) is 6.45. The lowest BCUT2D eigenvalue weighted by molar-refractivity contribution is -0.385. The van der Waals surface area contributed by atoms with Gasteiger partial charge in [0.05, 0.1) is 32.7 Å². The van der Waals surface area contributed by atoms with Gasteiger partial charge in [-0.3, -0.25) is 24.0 Å². The third-order valence-electron chi connectivity index (χ3n) is 7.51. The number of halogens is 3. The SMILES string of the molecule is CNC(=O)[C@H](Cc1ccccc1)N(Cc1ccc(Cl)c(Cl)c1)C(=O)CN(c1cc(Cl)ccc1OC)S(=O)(=O)c1ccc(C)c([N+](=O)[O-])c1. The summed E-state index contributed by atoms with van der Waals surface area (Å²) in [6, 6.07) is 20.3. The first-order valence-electron chi connectivity index (χ1n) is 14.4. The van der Waals surface area contributed by atoms with E-state index in [0.29, 0.717) is 5.56 Å². The molecule has 2 amide bonds. The van der Waals surface area contributed by atoms with E-state index in [0.717, 1.165) is 15.9 Å². The quantitative estimate of drug-likeness (QED) is 0.123. The molecule has 4 aromatic carbocycles. The molecule has 48 heavy (non-hydrogen) atoms. The highest BCUT2D eigenvalue weighted by atomic mass is 35.5. The molecule has 0 saturated heterocycles. The first-order valence-corrected chi connectivity index (χ1v) is 16.9. The van der Waals surface area contributed by atoms with Crippen LogP contribution < -0.4 is 14.4 Å². The number of hydrogen-bond acceptors (Lipinski definition) is 7. The molecule has 0 bridgehead atoms. The van der Waals surface area contributed by atoms with Gasteiger partial charge in [0, 0.05) is 36.7 Å². The second-order valence-corrected chi connectivity index (χ2v) is 13.7. The molecule has 0 radical (unpaired) electrons. The first-order chi connectivity index (χ1) is 22.8. The van der Waals surface area contributed by atoms with Crippen molar-refractivity contribution in [2.45, 2.75) is 30.8 Å². The molecular formula is C33H31Cl3N4O7S. The molecule has 0 aliphatic heterocycles. The van der Waals surface area contributed by atoms with E-state index < -0.39 is 49.9 Å². The van der Waals surface area contributed by atoms with Crippen molar-refractivity contribution < 1.29 is 27.7 Å². The molecule has 0 fully saturated rings. The van der Waals surface area contributed by atoms with Crippen molar-refractivity contribution >= 4 is 68.0 Å². The summed E-state index contributed by atoms with van der Waals surface area (Å²) in [6.07, 6.45) is 0.0883. The predicted molar refractivity (Wildman–Crippen MR) is 185 cm³/mol. The lowest BCUT2D eigenvalue weighted by atomic mass is 10.0. The van der Waals surface area contributed by atoms with E-state index in [1.165, 1.54) is 56.3 Å². The Kier molecular flexibility index (Phi) is 11.9. The minimum absolute atomic E-state index is 0.0561.